The van der Waals surface area contributed by atoms with Crippen molar-refractivity contribution in [3.05, 3.63) is 17.3 Å². The van der Waals surface area contributed by atoms with Crippen LogP contribution in [0, 0.1) is 0 Å². The van der Waals surface area contributed by atoms with Gasteiger partial charge >= 0.3 is 0 Å². The van der Waals surface area contributed by atoms with Gasteiger partial charge in [-0.3, -0.25) is 4.90 Å². The molecular weight excluding hydrogens is 260 g/mol. The van der Waals surface area contributed by atoms with Gasteiger partial charge in [0.2, 0.25) is 0 Å². The highest BCUT2D eigenvalue weighted by Crippen LogP contribution is 2.24. The maximum Gasteiger partial charge on any atom is 0.152 e. The topological polar surface area (TPSA) is 70.3 Å². The van der Waals surface area contributed by atoms with Crippen LogP contribution in [0.1, 0.15) is 5.82 Å². The zero-order valence-electron chi connectivity index (χ0n) is 11.6. The number of hydrazine groups is 1. The third-order valence-electron chi connectivity index (χ3n) is 2.85. The van der Waals surface area contributed by atoms with Crippen LogP contribution in [0.15, 0.2) is 11.4 Å². The number of thiophene rings is 1. The van der Waals surface area contributed by atoms with E-state index in [1.807, 2.05) is 11.4 Å². The van der Waals surface area contributed by atoms with Crippen LogP contribution in [0.4, 0.5) is 5.82 Å². The molecule has 6 nitrogen and oxygen atoms in total. The molecule has 0 saturated carbocycles. The highest BCUT2D eigenvalue weighted by atomic mass is 32.1. The number of hydrogen-bond acceptors (Lipinski definition) is 7. The number of nitrogens with zero attached hydrogens (tertiary/aromatic N) is 4. The van der Waals surface area contributed by atoms with Gasteiger partial charge in [0.15, 0.2) is 5.82 Å². The smallest absolute Gasteiger partial charge is 0.152 e. The molecular formula is C12H20N6S. The van der Waals surface area contributed by atoms with Crippen LogP contribution in [0.2, 0.25) is 0 Å². The molecule has 2 aromatic rings. The van der Waals surface area contributed by atoms with Crippen molar-refractivity contribution in [3.8, 4) is 0 Å². The fourth-order valence-corrected chi connectivity index (χ4v) is 2.55. The SMILES string of the molecule is CN(C)CCN(C)Cc1nc(NN)c2ccsc2n1. The lowest BCUT2D eigenvalue weighted by Gasteiger charge is -2.18. The average molecular weight is 280 g/mol. The molecule has 0 aliphatic rings. The molecule has 2 aromatic heterocycles. The van der Waals surface area contributed by atoms with Crippen molar-refractivity contribution in [2.75, 3.05) is 39.7 Å². The molecule has 7 heteroatoms. The van der Waals surface area contributed by atoms with E-state index in [1.54, 1.807) is 11.3 Å². The molecule has 0 amide bonds. The molecule has 0 spiro atoms. The van der Waals surface area contributed by atoms with E-state index in [-0.39, 0.29) is 0 Å². The Morgan fingerprint density at radius 2 is 2.05 bits per heavy atom. The zero-order valence-corrected chi connectivity index (χ0v) is 12.4. The number of fused-ring (bicyclic) bond motifs is 1. The molecule has 0 atom stereocenters. The number of rotatable bonds is 6. The second-order valence-electron chi connectivity index (χ2n) is 4.81. The van der Waals surface area contributed by atoms with Gasteiger partial charge in [0.1, 0.15) is 10.7 Å². The van der Waals surface area contributed by atoms with E-state index < -0.39 is 0 Å². The first-order valence-corrected chi connectivity index (χ1v) is 7.02. The van der Waals surface area contributed by atoms with Gasteiger partial charge in [-0.15, -0.1) is 11.3 Å². The summed E-state index contributed by atoms with van der Waals surface area (Å²) >= 11 is 1.60. The first-order valence-electron chi connectivity index (χ1n) is 6.14. The summed E-state index contributed by atoms with van der Waals surface area (Å²) in [6.07, 6.45) is 0. The minimum absolute atomic E-state index is 0.697. The maximum absolute atomic E-state index is 5.52. The summed E-state index contributed by atoms with van der Waals surface area (Å²) in [5, 5.41) is 2.98. The van der Waals surface area contributed by atoms with Gasteiger partial charge in [-0.2, -0.15) is 0 Å². The van der Waals surface area contributed by atoms with E-state index >= 15 is 0 Å². The Hall–Kier alpha value is -1.28. The molecule has 0 radical (unpaired) electrons. The molecule has 0 aromatic carbocycles. The predicted molar refractivity (Wildman–Crippen MR) is 80.1 cm³/mol. The lowest BCUT2D eigenvalue weighted by Crippen LogP contribution is -2.29. The minimum Gasteiger partial charge on any atom is -0.308 e. The second-order valence-corrected chi connectivity index (χ2v) is 5.71. The summed E-state index contributed by atoms with van der Waals surface area (Å²) in [5.74, 6) is 7.01. The number of nitrogens with one attached hydrogen (secondary N) is 1. The number of aromatic nitrogens is 2. The van der Waals surface area contributed by atoms with Crippen molar-refractivity contribution < 1.29 is 0 Å². The van der Waals surface area contributed by atoms with Crippen molar-refractivity contribution in [2.45, 2.75) is 6.54 Å². The number of nitrogens with two attached hydrogens (primary N) is 1. The summed E-state index contributed by atoms with van der Waals surface area (Å²) in [6.45, 7) is 2.71. The Morgan fingerprint density at radius 1 is 1.26 bits per heavy atom. The van der Waals surface area contributed by atoms with E-state index in [4.69, 9.17) is 5.84 Å². The van der Waals surface area contributed by atoms with Gasteiger partial charge < -0.3 is 10.3 Å². The molecule has 0 unspecified atom stereocenters. The first kappa shape index (κ1) is 14.1. The number of nitrogen functional groups attached to an aromatic ring is 1. The number of likely N-dealkylation sites (N-methyl/N-ethyl adjacent to an activating group) is 2. The fraction of sp³-hybridized carbons (Fsp3) is 0.500. The van der Waals surface area contributed by atoms with Crippen LogP contribution in [0.3, 0.4) is 0 Å². The van der Waals surface area contributed by atoms with Crippen molar-refractivity contribution in [3.63, 3.8) is 0 Å². The van der Waals surface area contributed by atoms with Crippen molar-refractivity contribution in [2.24, 2.45) is 5.84 Å². The highest BCUT2D eigenvalue weighted by molar-refractivity contribution is 7.16. The van der Waals surface area contributed by atoms with Crippen LogP contribution in [0.5, 0.6) is 0 Å². The van der Waals surface area contributed by atoms with Crippen LogP contribution in [-0.4, -0.2) is 54.0 Å². The lowest BCUT2D eigenvalue weighted by atomic mass is 10.3. The second kappa shape index (κ2) is 6.25. The van der Waals surface area contributed by atoms with E-state index in [0.29, 0.717) is 5.82 Å². The van der Waals surface area contributed by atoms with Crippen LogP contribution in [0.25, 0.3) is 10.2 Å². The van der Waals surface area contributed by atoms with E-state index in [0.717, 1.165) is 35.7 Å². The number of anilines is 1. The van der Waals surface area contributed by atoms with E-state index in [9.17, 15) is 0 Å². The molecule has 19 heavy (non-hydrogen) atoms. The molecule has 0 fully saturated rings. The summed E-state index contributed by atoms with van der Waals surface area (Å²) in [6, 6.07) is 1.98. The van der Waals surface area contributed by atoms with Crippen molar-refractivity contribution in [1.82, 2.24) is 19.8 Å². The van der Waals surface area contributed by atoms with Crippen LogP contribution < -0.4 is 11.3 Å². The Morgan fingerprint density at radius 3 is 2.74 bits per heavy atom. The Bertz CT molecular complexity index is 538. The van der Waals surface area contributed by atoms with Crippen molar-refractivity contribution >= 4 is 27.4 Å². The molecule has 3 N–H and O–H groups in total. The maximum atomic E-state index is 5.52. The molecule has 0 bridgehead atoms. The molecule has 0 aliphatic carbocycles. The quantitative estimate of drug-likeness (QED) is 0.607. The first-order chi connectivity index (χ1) is 9.10. The van der Waals surface area contributed by atoms with Crippen LogP contribution in [-0.2, 0) is 6.54 Å². The summed E-state index contributed by atoms with van der Waals surface area (Å²) in [4.78, 5) is 14.4. The summed E-state index contributed by atoms with van der Waals surface area (Å²) in [7, 11) is 6.21. The zero-order chi connectivity index (χ0) is 13.8. The number of hydrogen-bond donors (Lipinski definition) is 2. The monoisotopic (exact) mass is 280 g/mol. The average Bonchev–Trinajstić information content (AvgIpc) is 2.83. The minimum atomic E-state index is 0.697. The van der Waals surface area contributed by atoms with Gasteiger partial charge in [-0.1, -0.05) is 0 Å². The molecule has 2 heterocycles. The molecule has 0 aliphatic heterocycles. The fourth-order valence-electron chi connectivity index (χ4n) is 1.77. The molecule has 2 rings (SSSR count). The van der Waals surface area contributed by atoms with E-state index in [1.165, 1.54) is 0 Å². The lowest BCUT2D eigenvalue weighted by molar-refractivity contribution is 0.271. The van der Waals surface area contributed by atoms with Crippen LogP contribution >= 0.6 is 11.3 Å². The molecule has 0 saturated heterocycles. The summed E-state index contributed by atoms with van der Waals surface area (Å²) < 4.78 is 0. The largest absolute Gasteiger partial charge is 0.308 e. The standard InChI is InChI=1S/C12H20N6S/c1-17(2)5-6-18(3)8-10-14-11(16-13)9-4-7-19-12(9)15-10/h4,7H,5-6,8,13H2,1-3H3,(H,14,15,16). The molecule has 104 valence electrons. The Kier molecular flexibility index (Phi) is 4.65. The van der Waals surface area contributed by atoms with Gasteiger partial charge in [-0.25, -0.2) is 15.8 Å². The predicted octanol–water partition coefficient (Wildman–Crippen LogP) is 0.970. The normalized spacial score (nSPS) is 11.7. The van der Waals surface area contributed by atoms with E-state index in [2.05, 4.69) is 46.3 Å². The van der Waals surface area contributed by atoms with Gasteiger partial charge in [0.25, 0.3) is 0 Å². The summed E-state index contributed by atoms with van der Waals surface area (Å²) in [5.41, 5.74) is 2.65. The third-order valence-corrected chi connectivity index (χ3v) is 3.65. The van der Waals surface area contributed by atoms with Gasteiger partial charge in [0.05, 0.1) is 11.9 Å². The van der Waals surface area contributed by atoms with Gasteiger partial charge in [0, 0.05) is 13.1 Å². The Balaban J connectivity index is 2.11. The van der Waals surface area contributed by atoms with Gasteiger partial charge in [-0.05, 0) is 32.6 Å². The third kappa shape index (κ3) is 3.60. The highest BCUT2D eigenvalue weighted by Gasteiger charge is 2.09. The van der Waals surface area contributed by atoms with Crippen molar-refractivity contribution in [1.29, 1.82) is 0 Å². The Labute approximate surface area is 117 Å².